The topological polar surface area (TPSA) is 0 Å². The second-order valence-electron chi connectivity index (χ2n) is 4.73. The molecule has 0 radical (unpaired) electrons. The summed E-state index contributed by atoms with van der Waals surface area (Å²) in [5.41, 5.74) is 1.74. The van der Waals surface area contributed by atoms with Gasteiger partial charge in [-0.1, -0.05) is 32.4 Å². The highest BCUT2D eigenvalue weighted by atomic mass is 32.2. The minimum Gasteiger partial charge on any atom is -0.159 e. The first-order valence-corrected chi connectivity index (χ1v) is 7.60. The summed E-state index contributed by atoms with van der Waals surface area (Å²) in [6.45, 7) is 6.92. The second kappa shape index (κ2) is 7.38. The molecule has 2 unspecified atom stereocenters. The first-order chi connectivity index (χ1) is 7.26. The van der Waals surface area contributed by atoms with Gasteiger partial charge in [0, 0.05) is 5.25 Å². The van der Waals surface area contributed by atoms with Crippen LogP contribution in [0.15, 0.2) is 11.6 Å². The van der Waals surface area contributed by atoms with Crippen LogP contribution in [0.5, 0.6) is 0 Å². The van der Waals surface area contributed by atoms with Crippen molar-refractivity contribution in [1.82, 2.24) is 0 Å². The summed E-state index contributed by atoms with van der Waals surface area (Å²) in [6.07, 6.45) is 10.8. The van der Waals surface area contributed by atoms with Gasteiger partial charge in [0.15, 0.2) is 0 Å². The molecule has 0 bridgehead atoms. The van der Waals surface area contributed by atoms with E-state index < -0.39 is 0 Å². The molecule has 15 heavy (non-hydrogen) atoms. The lowest BCUT2D eigenvalue weighted by Crippen LogP contribution is -2.13. The van der Waals surface area contributed by atoms with E-state index >= 15 is 0 Å². The van der Waals surface area contributed by atoms with Crippen molar-refractivity contribution in [2.75, 3.05) is 5.75 Å². The molecule has 0 aliphatic heterocycles. The Hall–Kier alpha value is 0.0900. The van der Waals surface area contributed by atoms with Crippen LogP contribution in [0.4, 0.5) is 0 Å². The van der Waals surface area contributed by atoms with Gasteiger partial charge in [-0.05, 0) is 50.2 Å². The Balaban J connectivity index is 2.32. The van der Waals surface area contributed by atoms with Crippen molar-refractivity contribution in [1.29, 1.82) is 0 Å². The fourth-order valence-corrected chi connectivity index (χ4v) is 3.67. The Kier molecular flexibility index (Phi) is 6.47. The van der Waals surface area contributed by atoms with Gasteiger partial charge >= 0.3 is 0 Å². The highest BCUT2D eigenvalue weighted by Gasteiger charge is 2.18. The van der Waals surface area contributed by atoms with Gasteiger partial charge in [0.05, 0.1) is 0 Å². The van der Waals surface area contributed by atoms with Gasteiger partial charge in [-0.2, -0.15) is 11.8 Å². The van der Waals surface area contributed by atoms with Crippen LogP contribution in [0.25, 0.3) is 0 Å². The summed E-state index contributed by atoms with van der Waals surface area (Å²) in [5.74, 6) is 2.25. The van der Waals surface area contributed by atoms with Gasteiger partial charge in [-0.15, -0.1) is 0 Å². The molecule has 0 nitrogen and oxygen atoms in total. The van der Waals surface area contributed by atoms with Crippen LogP contribution in [-0.4, -0.2) is 11.0 Å². The number of rotatable bonds is 5. The summed E-state index contributed by atoms with van der Waals surface area (Å²) in [7, 11) is 0. The second-order valence-corrected chi connectivity index (χ2v) is 6.45. The Morgan fingerprint density at radius 2 is 2.27 bits per heavy atom. The molecule has 0 saturated heterocycles. The number of allylic oxidation sites excluding steroid dienone is 2. The Morgan fingerprint density at radius 1 is 1.47 bits per heavy atom. The molecular weight excluding hydrogens is 200 g/mol. The predicted molar refractivity (Wildman–Crippen MR) is 72.5 cm³/mol. The quantitative estimate of drug-likeness (QED) is 0.591. The Bertz CT molecular complexity index is 196. The minimum absolute atomic E-state index is 0.862. The van der Waals surface area contributed by atoms with Crippen LogP contribution in [0.3, 0.4) is 0 Å². The fourth-order valence-electron chi connectivity index (χ4n) is 2.69. The van der Waals surface area contributed by atoms with Crippen LogP contribution in [0, 0.1) is 5.92 Å². The van der Waals surface area contributed by atoms with Gasteiger partial charge in [0.2, 0.25) is 0 Å². The third-order valence-corrected chi connectivity index (χ3v) is 4.37. The van der Waals surface area contributed by atoms with Gasteiger partial charge in [-0.3, -0.25) is 0 Å². The molecular formula is C14H26S. The number of hydrogen-bond donors (Lipinski definition) is 0. The maximum absolute atomic E-state index is 2.46. The van der Waals surface area contributed by atoms with E-state index in [1.165, 1.54) is 44.3 Å². The molecule has 0 heterocycles. The zero-order valence-corrected chi connectivity index (χ0v) is 11.4. The third kappa shape index (κ3) is 5.10. The Morgan fingerprint density at radius 3 is 2.93 bits per heavy atom. The molecule has 1 aliphatic carbocycles. The van der Waals surface area contributed by atoms with Crippen molar-refractivity contribution in [3.05, 3.63) is 11.6 Å². The SMILES string of the molecule is CCC=C1CCCC(CC(C)SCC)C1. The summed E-state index contributed by atoms with van der Waals surface area (Å²) >= 11 is 2.12. The maximum atomic E-state index is 2.46. The van der Waals surface area contributed by atoms with E-state index in [0.717, 1.165) is 11.2 Å². The van der Waals surface area contributed by atoms with Crippen molar-refractivity contribution in [3.63, 3.8) is 0 Å². The fraction of sp³-hybridized carbons (Fsp3) is 0.857. The predicted octanol–water partition coefficient (Wildman–Crippen LogP) is 5.04. The van der Waals surface area contributed by atoms with Crippen molar-refractivity contribution in [3.8, 4) is 0 Å². The van der Waals surface area contributed by atoms with Crippen molar-refractivity contribution >= 4 is 11.8 Å². The maximum Gasteiger partial charge on any atom is 0.00213 e. The average molecular weight is 226 g/mol. The molecule has 1 heteroatoms. The van der Waals surface area contributed by atoms with Gasteiger partial charge < -0.3 is 0 Å². The highest BCUT2D eigenvalue weighted by molar-refractivity contribution is 7.99. The lowest BCUT2D eigenvalue weighted by Gasteiger charge is -2.26. The average Bonchev–Trinajstić information content (AvgIpc) is 2.19. The highest BCUT2D eigenvalue weighted by Crippen LogP contribution is 2.33. The lowest BCUT2D eigenvalue weighted by atomic mass is 9.82. The van der Waals surface area contributed by atoms with Crippen molar-refractivity contribution < 1.29 is 0 Å². The number of hydrogen-bond acceptors (Lipinski definition) is 1. The van der Waals surface area contributed by atoms with Crippen LogP contribution < -0.4 is 0 Å². The molecule has 0 aromatic carbocycles. The van der Waals surface area contributed by atoms with Gasteiger partial charge in [0.25, 0.3) is 0 Å². The van der Waals surface area contributed by atoms with E-state index in [0.29, 0.717) is 0 Å². The molecule has 1 fully saturated rings. The van der Waals surface area contributed by atoms with Crippen LogP contribution in [-0.2, 0) is 0 Å². The minimum atomic E-state index is 0.862. The zero-order valence-electron chi connectivity index (χ0n) is 10.6. The molecule has 88 valence electrons. The van der Waals surface area contributed by atoms with Gasteiger partial charge in [0.1, 0.15) is 0 Å². The monoisotopic (exact) mass is 226 g/mol. The van der Waals surface area contributed by atoms with Crippen LogP contribution in [0.1, 0.15) is 59.3 Å². The molecule has 0 spiro atoms. The van der Waals surface area contributed by atoms with E-state index in [-0.39, 0.29) is 0 Å². The lowest BCUT2D eigenvalue weighted by molar-refractivity contribution is 0.392. The molecule has 1 rings (SSSR count). The van der Waals surface area contributed by atoms with E-state index in [9.17, 15) is 0 Å². The zero-order chi connectivity index (χ0) is 11.1. The van der Waals surface area contributed by atoms with Crippen LogP contribution >= 0.6 is 11.8 Å². The normalized spacial score (nSPS) is 26.9. The first kappa shape index (κ1) is 13.2. The van der Waals surface area contributed by atoms with E-state index in [2.05, 4.69) is 38.6 Å². The third-order valence-electron chi connectivity index (χ3n) is 3.27. The van der Waals surface area contributed by atoms with Crippen LogP contribution in [0.2, 0.25) is 0 Å². The molecule has 1 saturated carbocycles. The van der Waals surface area contributed by atoms with Crippen molar-refractivity contribution in [2.45, 2.75) is 64.5 Å². The standard InChI is InChI=1S/C14H26S/c1-4-7-13-8-6-9-14(11-13)10-12(3)15-5-2/h7,12,14H,4-6,8-11H2,1-3H3. The van der Waals surface area contributed by atoms with Gasteiger partial charge in [-0.25, -0.2) is 0 Å². The van der Waals surface area contributed by atoms with Crippen molar-refractivity contribution in [2.24, 2.45) is 5.92 Å². The largest absolute Gasteiger partial charge is 0.159 e. The first-order valence-electron chi connectivity index (χ1n) is 6.55. The smallest absolute Gasteiger partial charge is 0.00213 e. The van der Waals surface area contributed by atoms with E-state index in [4.69, 9.17) is 0 Å². The molecule has 0 N–H and O–H groups in total. The molecule has 2 atom stereocenters. The number of thioether (sulfide) groups is 1. The van der Waals surface area contributed by atoms with E-state index in [1.807, 2.05) is 0 Å². The van der Waals surface area contributed by atoms with E-state index in [1.54, 1.807) is 5.57 Å². The summed E-state index contributed by atoms with van der Waals surface area (Å²) in [4.78, 5) is 0. The Labute approximate surface area is 99.9 Å². The summed E-state index contributed by atoms with van der Waals surface area (Å²) in [5, 5.41) is 0.862. The summed E-state index contributed by atoms with van der Waals surface area (Å²) < 4.78 is 0. The molecule has 0 aromatic heterocycles. The molecule has 0 amide bonds. The molecule has 0 aromatic rings. The summed E-state index contributed by atoms with van der Waals surface area (Å²) in [6, 6.07) is 0. The molecule has 1 aliphatic rings.